The van der Waals surface area contributed by atoms with Gasteiger partial charge >= 0.3 is 0 Å². The van der Waals surface area contributed by atoms with Crippen LogP contribution in [0.2, 0.25) is 0 Å². The normalized spacial score (nSPS) is 10.6. The summed E-state index contributed by atoms with van der Waals surface area (Å²) in [7, 11) is 0. The molecular formula is C15H11N3S2. The van der Waals surface area contributed by atoms with Gasteiger partial charge in [0.25, 0.3) is 0 Å². The van der Waals surface area contributed by atoms with Gasteiger partial charge in [-0.1, -0.05) is 17.8 Å². The van der Waals surface area contributed by atoms with Gasteiger partial charge in [0.2, 0.25) is 0 Å². The van der Waals surface area contributed by atoms with Crippen molar-refractivity contribution in [1.29, 1.82) is 5.26 Å². The Kier molecular flexibility index (Phi) is 3.35. The SMILES string of the molecule is Cc1ccc(C#N)c(Sc2nc3ccc(N)cc3s2)c1. The lowest BCUT2D eigenvalue weighted by molar-refractivity contribution is 1.27. The highest BCUT2D eigenvalue weighted by atomic mass is 32.2. The van der Waals surface area contributed by atoms with Crippen molar-refractivity contribution in [2.45, 2.75) is 16.2 Å². The van der Waals surface area contributed by atoms with Gasteiger partial charge in [-0.2, -0.15) is 5.26 Å². The van der Waals surface area contributed by atoms with Crippen LogP contribution in [0.15, 0.2) is 45.6 Å². The Labute approximate surface area is 125 Å². The van der Waals surface area contributed by atoms with Crippen LogP contribution < -0.4 is 5.73 Å². The van der Waals surface area contributed by atoms with Crippen LogP contribution in [0.25, 0.3) is 10.2 Å². The van der Waals surface area contributed by atoms with Crippen LogP contribution in [-0.2, 0) is 0 Å². The zero-order chi connectivity index (χ0) is 14.1. The number of aryl methyl sites for hydroxylation is 1. The van der Waals surface area contributed by atoms with Crippen LogP contribution in [0.1, 0.15) is 11.1 Å². The van der Waals surface area contributed by atoms with E-state index in [1.807, 2.05) is 43.3 Å². The second kappa shape index (κ2) is 5.16. The van der Waals surface area contributed by atoms with Crippen LogP contribution in [-0.4, -0.2) is 4.98 Å². The highest BCUT2D eigenvalue weighted by Crippen LogP contribution is 2.36. The Morgan fingerprint density at radius 2 is 2.10 bits per heavy atom. The molecule has 0 unspecified atom stereocenters. The van der Waals surface area contributed by atoms with E-state index >= 15 is 0 Å². The van der Waals surface area contributed by atoms with Crippen LogP contribution in [0, 0.1) is 18.3 Å². The molecule has 0 radical (unpaired) electrons. The molecule has 0 spiro atoms. The lowest BCUT2D eigenvalue weighted by Gasteiger charge is -2.02. The van der Waals surface area contributed by atoms with Gasteiger partial charge in [0.1, 0.15) is 6.07 Å². The van der Waals surface area contributed by atoms with Crippen molar-refractivity contribution in [2.24, 2.45) is 0 Å². The lowest BCUT2D eigenvalue weighted by atomic mass is 10.2. The van der Waals surface area contributed by atoms with Crippen molar-refractivity contribution in [3.8, 4) is 6.07 Å². The number of benzene rings is 2. The molecule has 0 bridgehead atoms. The molecule has 0 fully saturated rings. The lowest BCUT2D eigenvalue weighted by Crippen LogP contribution is -1.83. The maximum atomic E-state index is 9.17. The number of anilines is 1. The molecule has 0 amide bonds. The molecule has 98 valence electrons. The third-order valence-electron chi connectivity index (χ3n) is 2.85. The number of nitriles is 1. The van der Waals surface area contributed by atoms with E-state index in [4.69, 9.17) is 11.0 Å². The molecule has 3 rings (SSSR count). The van der Waals surface area contributed by atoms with Gasteiger partial charge in [-0.15, -0.1) is 11.3 Å². The maximum Gasteiger partial charge on any atom is 0.155 e. The van der Waals surface area contributed by atoms with Crippen LogP contribution in [0.4, 0.5) is 5.69 Å². The van der Waals surface area contributed by atoms with E-state index < -0.39 is 0 Å². The summed E-state index contributed by atoms with van der Waals surface area (Å²) in [5.41, 5.74) is 9.28. The largest absolute Gasteiger partial charge is 0.399 e. The molecule has 20 heavy (non-hydrogen) atoms. The molecule has 0 aliphatic rings. The number of thiazole rings is 1. The zero-order valence-electron chi connectivity index (χ0n) is 10.8. The third-order valence-corrected chi connectivity index (χ3v) is 4.98. The quantitative estimate of drug-likeness (QED) is 0.720. The smallest absolute Gasteiger partial charge is 0.155 e. The summed E-state index contributed by atoms with van der Waals surface area (Å²) in [4.78, 5) is 5.51. The van der Waals surface area contributed by atoms with Gasteiger partial charge in [-0.3, -0.25) is 0 Å². The Morgan fingerprint density at radius 1 is 1.25 bits per heavy atom. The Balaban J connectivity index is 2.01. The summed E-state index contributed by atoms with van der Waals surface area (Å²) in [5.74, 6) is 0. The average Bonchev–Trinajstić information content (AvgIpc) is 2.80. The highest BCUT2D eigenvalue weighted by Gasteiger charge is 2.09. The first-order valence-electron chi connectivity index (χ1n) is 6.00. The van der Waals surface area contributed by atoms with Gasteiger partial charge < -0.3 is 5.73 Å². The first-order valence-corrected chi connectivity index (χ1v) is 7.64. The van der Waals surface area contributed by atoms with Crippen molar-refractivity contribution in [1.82, 2.24) is 4.98 Å². The fourth-order valence-electron chi connectivity index (χ4n) is 1.86. The van der Waals surface area contributed by atoms with Gasteiger partial charge in [0.15, 0.2) is 4.34 Å². The van der Waals surface area contributed by atoms with Gasteiger partial charge in [0, 0.05) is 10.6 Å². The fraction of sp³-hybridized carbons (Fsp3) is 0.0667. The van der Waals surface area contributed by atoms with E-state index in [9.17, 15) is 0 Å². The number of rotatable bonds is 2. The summed E-state index contributed by atoms with van der Waals surface area (Å²) >= 11 is 3.12. The molecule has 0 aliphatic carbocycles. The summed E-state index contributed by atoms with van der Waals surface area (Å²) in [6.45, 7) is 2.02. The summed E-state index contributed by atoms with van der Waals surface area (Å²) in [6, 6.07) is 13.7. The molecule has 0 aliphatic heterocycles. The minimum atomic E-state index is 0.680. The van der Waals surface area contributed by atoms with Crippen molar-refractivity contribution in [2.75, 3.05) is 5.73 Å². The summed E-state index contributed by atoms with van der Waals surface area (Å²) in [5, 5.41) is 9.17. The number of fused-ring (bicyclic) bond motifs is 1. The maximum absolute atomic E-state index is 9.17. The molecule has 5 heteroatoms. The van der Waals surface area contributed by atoms with Gasteiger partial charge in [-0.05, 0) is 42.8 Å². The topological polar surface area (TPSA) is 62.7 Å². The van der Waals surface area contributed by atoms with E-state index in [0.717, 1.165) is 30.7 Å². The fourth-order valence-corrected chi connectivity index (χ4v) is 4.12. The summed E-state index contributed by atoms with van der Waals surface area (Å²) < 4.78 is 1.99. The Morgan fingerprint density at radius 3 is 2.90 bits per heavy atom. The Hall–Kier alpha value is -2.03. The van der Waals surface area contributed by atoms with E-state index in [2.05, 4.69) is 11.1 Å². The second-order valence-corrected chi connectivity index (χ2v) is 6.74. The highest BCUT2D eigenvalue weighted by molar-refractivity contribution is 8.01. The van der Waals surface area contributed by atoms with Gasteiger partial charge in [-0.25, -0.2) is 4.98 Å². The van der Waals surface area contributed by atoms with Crippen LogP contribution in [0.5, 0.6) is 0 Å². The monoisotopic (exact) mass is 297 g/mol. The number of nitrogen functional groups attached to an aromatic ring is 1. The number of nitrogens with two attached hydrogens (primary N) is 1. The van der Waals surface area contributed by atoms with E-state index in [1.54, 1.807) is 11.3 Å². The molecule has 1 aromatic heterocycles. The molecule has 3 aromatic rings. The number of hydrogen-bond acceptors (Lipinski definition) is 5. The van der Waals surface area contributed by atoms with Crippen LogP contribution >= 0.6 is 23.1 Å². The number of aromatic nitrogens is 1. The van der Waals surface area contributed by atoms with Crippen LogP contribution in [0.3, 0.4) is 0 Å². The minimum Gasteiger partial charge on any atom is -0.399 e. The number of hydrogen-bond donors (Lipinski definition) is 1. The van der Waals surface area contributed by atoms with Gasteiger partial charge in [0.05, 0.1) is 15.8 Å². The molecular weight excluding hydrogens is 286 g/mol. The summed E-state index contributed by atoms with van der Waals surface area (Å²) in [6.07, 6.45) is 0. The van der Waals surface area contributed by atoms with Crippen molar-refractivity contribution in [3.05, 3.63) is 47.5 Å². The zero-order valence-corrected chi connectivity index (χ0v) is 12.4. The first-order chi connectivity index (χ1) is 9.65. The molecule has 0 atom stereocenters. The molecule has 0 saturated heterocycles. The van der Waals surface area contributed by atoms with Crippen molar-refractivity contribution < 1.29 is 0 Å². The molecule has 3 nitrogen and oxygen atoms in total. The minimum absolute atomic E-state index is 0.680. The number of nitrogens with zero attached hydrogens (tertiary/aromatic N) is 2. The predicted octanol–water partition coefficient (Wildman–Crippen LogP) is 4.21. The molecule has 0 saturated carbocycles. The van der Waals surface area contributed by atoms with Crippen molar-refractivity contribution >= 4 is 39.0 Å². The molecule has 2 aromatic carbocycles. The van der Waals surface area contributed by atoms with E-state index in [0.29, 0.717) is 5.56 Å². The predicted molar refractivity (Wildman–Crippen MR) is 84.0 cm³/mol. The molecule has 1 heterocycles. The van der Waals surface area contributed by atoms with Crippen molar-refractivity contribution in [3.63, 3.8) is 0 Å². The van der Waals surface area contributed by atoms with E-state index in [1.165, 1.54) is 11.8 Å². The standard InChI is InChI=1S/C15H11N3S2/c1-9-2-3-10(8-16)13(6-9)19-15-18-12-5-4-11(17)7-14(12)20-15/h2-7H,17H2,1H3. The Bertz CT molecular complexity index is 831. The average molecular weight is 297 g/mol. The molecule has 2 N–H and O–H groups in total. The second-order valence-electron chi connectivity index (χ2n) is 4.42. The third kappa shape index (κ3) is 2.48. The van der Waals surface area contributed by atoms with E-state index in [-0.39, 0.29) is 0 Å². The first kappa shape index (κ1) is 13.0.